The van der Waals surface area contributed by atoms with Crippen LogP contribution in [-0.2, 0) is 4.74 Å². The van der Waals surface area contributed by atoms with Gasteiger partial charge in [-0.25, -0.2) is 0 Å². The van der Waals surface area contributed by atoms with Crippen molar-refractivity contribution in [1.82, 2.24) is 15.2 Å². The minimum absolute atomic E-state index is 0.153. The second-order valence-corrected chi connectivity index (χ2v) is 8.41. The Hall–Kier alpha value is -2.53. The Labute approximate surface area is 172 Å². The average Bonchev–Trinajstić information content (AvgIpc) is 2.71. The number of pyridine rings is 1. The second-order valence-electron chi connectivity index (χ2n) is 8.41. The zero-order chi connectivity index (χ0) is 20.4. The Morgan fingerprint density at radius 1 is 1.07 bits per heavy atom. The lowest BCUT2D eigenvalue weighted by Crippen LogP contribution is -2.32. The van der Waals surface area contributed by atoms with Crippen molar-refractivity contribution in [3.63, 3.8) is 0 Å². The van der Waals surface area contributed by atoms with Gasteiger partial charge in [0.15, 0.2) is 5.82 Å². The number of hydrogen-bond donors (Lipinski definition) is 1. The lowest BCUT2D eigenvalue weighted by molar-refractivity contribution is -0.0495. The molecule has 1 aromatic carbocycles. The molecule has 0 saturated carbocycles. The van der Waals surface area contributed by atoms with E-state index >= 15 is 0 Å². The summed E-state index contributed by atoms with van der Waals surface area (Å²) in [4.78, 5) is 4.32. The second kappa shape index (κ2) is 8.46. The van der Waals surface area contributed by atoms with Crippen molar-refractivity contribution in [2.75, 3.05) is 11.9 Å². The molecule has 1 aliphatic heterocycles. The topological polar surface area (TPSA) is 59.9 Å². The maximum Gasteiger partial charge on any atom is 0.156 e. The van der Waals surface area contributed by atoms with E-state index in [2.05, 4.69) is 77.7 Å². The Morgan fingerprint density at radius 3 is 2.52 bits per heavy atom. The van der Waals surface area contributed by atoms with Gasteiger partial charge in [-0.1, -0.05) is 31.2 Å². The molecule has 1 saturated heterocycles. The monoisotopic (exact) mass is 390 g/mol. The molecule has 1 aliphatic rings. The molecular weight excluding hydrogens is 360 g/mol. The van der Waals surface area contributed by atoms with E-state index < -0.39 is 0 Å². The van der Waals surface area contributed by atoms with Crippen LogP contribution in [0.15, 0.2) is 42.6 Å². The van der Waals surface area contributed by atoms with Crippen LogP contribution < -0.4 is 5.32 Å². The van der Waals surface area contributed by atoms with Gasteiger partial charge < -0.3 is 10.1 Å². The molecule has 5 nitrogen and oxygen atoms in total. The first kappa shape index (κ1) is 19.8. The van der Waals surface area contributed by atoms with Gasteiger partial charge in [0, 0.05) is 35.1 Å². The van der Waals surface area contributed by atoms with Crippen LogP contribution in [0, 0.1) is 12.8 Å². The van der Waals surface area contributed by atoms with Crippen molar-refractivity contribution in [1.29, 1.82) is 0 Å². The maximum atomic E-state index is 5.87. The van der Waals surface area contributed by atoms with Gasteiger partial charge in [0.2, 0.25) is 0 Å². The van der Waals surface area contributed by atoms with Gasteiger partial charge in [-0.05, 0) is 57.2 Å². The van der Waals surface area contributed by atoms with E-state index in [1.807, 2.05) is 13.1 Å². The molecule has 3 unspecified atom stereocenters. The zero-order valence-corrected chi connectivity index (χ0v) is 17.7. The van der Waals surface area contributed by atoms with Gasteiger partial charge in [-0.2, -0.15) is 5.10 Å². The Morgan fingerprint density at radius 2 is 1.79 bits per heavy atom. The van der Waals surface area contributed by atoms with E-state index in [4.69, 9.17) is 4.74 Å². The number of aromatic nitrogens is 3. The molecule has 2 aromatic heterocycles. The molecule has 0 aliphatic carbocycles. The normalized spacial score (nSPS) is 23.1. The number of aryl methyl sites for hydroxylation is 1. The number of nitrogens with zero attached hydrogens (tertiary/aromatic N) is 3. The summed E-state index contributed by atoms with van der Waals surface area (Å²) < 4.78 is 5.87. The Bertz CT molecular complexity index is 980. The van der Waals surface area contributed by atoms with Crippen LogP contribution in [0.1, 0.15) is 56.5 Å². The van der Waals surface area contributed by atoms with Gasteiger partial charge in [-0.3, -0.25) is 4.98 Å². The van der Waals surface area contributed by atoms with Crippen LogP contribution in [0.3, 0.4) is 0 Å². The predicted octanol–water partition coefficient (Wildman–Crippen LogP) is 5.10. The van der Waals surface area contributed by atoms with Crippen LogP contribution >= 0.6 is 0 Å². The van der Waals surface area contributed by atoms with E-state index in [-0.39, 0.29) is 5.92 Å². The Kier molecular flexibility index (Phi) is 5.76. The molecule has 0 amide bonds. The van der Waals surface area contributed by atoms with Crippen molar-refractivity contribution < 1.29 is 4.74 Å². The minimum atomic E-state index is 0.153. The first-order valence-corrected chi connectivity index (χ1v) is 10.6. The highest BCUT2D eigenvalue weighted by Gasteiger charge is 2.24. The SMILES string of the molecule is Cc1cc(C(C)c2nnc(NCC3CC(C)OC(C)C3)c3ccccc23)ccn1. The zero-order valence-electron chi connectivity index (χ0n) is 17.7. The number of ether oxygens (including phenoxy) is 1. The van der Waals surface area contributed by atoms with Crippen molar-refractivity contribution in [3.8, 4) is 0 Å². The number of anilines is 1. The number of fused-ring (bicyclic) bond motifs is 1. The lowest BCUT2D eigenvalue weighted by Gasteiger charge is -2.32. The van der Waals surface area contributed by atoms with E-state index in [1.165, 1.54) is 5.56 Å². The molecule has 3 heterocycles. The summed E-state index contributed by atoms with van der Waals surface area (Å²) in [6, 6.07) is 12.6. The molecule has 152 valence electrons. The van der Waals surface area contributed by atoms with Gasteiger partial charge in [0.05, 0.1) is 17.9 Å². The number of benzene rings is 1. The summed E-state index contributed by atoms with van der Waals surface area (Å²) in [7, 11) is 0. The highest BCUT2D eigenvalue weighted by molar-refractivity contribution is 5.93. The fraction of sp³-hybridized carbons (Fsp3) is 0.458. The summed E-state index contributed by atoms with van der Waals surface area (Å²) in [5.41, 5.74) is 3.23. The highest BCUT2D eigenvalue weighted by Crippen LogP contribution is 2.32. The summed E-state index contributed by atoms with van der Waals surface area (Å²) >= 11 is 0. The van der Waals surface area contributed by atoms with Crippen LogP contribution in [0.25, 0.3) is 10.8 Å². The molecule has 1 fully saturated rings. The minimum Gasteiger partial charge on any atom is -0.376 e. The summed E-state index contributed by atoms with van der Waals surface area (Å²) in [6.45, 7) is 9.42. The van der Waals surface area contributed by atoms with Crippen LogP contribution in [0.5, 0.6) is 0 Å². The smallest absolute Gasteiger partial charge is 0.156 e. The fourth-order valence-corrected chi connectivity index (χ4v) is 4.52. The molecular formula is C24H30N4O. The molecule has 0 spiro atoms. The van der Waals surface area contributed by atoms with Crippen molar-refractivity contribution in [3.05, 3.63) is 59.5 Å². The standard InChI is InChI=1S/C24H30N4O/c1-15-11-20(9-10-25-15)18(4)23-21-7-5-6-8-22(21)24(28-27-23)26-14-19-12-16(2)29-17(3)13-19/h5-11,16-19H,12-14H2,1-4H3,(H,26,28). The summed E-state index contributed by atoms with van der Waals surface area (Å²) in [5.74, 6) is 1.61. The third-order valence-corrected chi connectivity index (χ3v) is 5.90. The average molecular weight is 391 g/mol. The van der Waals surface area contributed by atoms with Gasteiger partial charge in [-0.15, -0.1) is 5.10 Å². The van der Waals surface area contributed by atoms with Gasteiger partial charge in [0.1, 0.15) is 0 Å². The van der Waals surface area contributed by atoms with E-state index in [9.17, 15) is 0 Å². The lowest BCUT2D eigenvalue weighted by atomic mass is 9.92. The largest absolute Gasteiger partial charge is 0.376 e. The quantitative estimate of drug-likeness (QED) is 0.657. The first-order valence-electron chi connectivity index (χ1n) is 10.6. The van der Waals surface area contributed by atoms with Gasteiger partial charge >= 0.3 is 0 Å². The van der Waals surface area contributed by atoms with Gasteiger partial charge in [0.25, 0.3) is 0 Å². The summed E-state index contributed by atoms with van der Waals surface area (Å²) in [5, 5.41) is 15.1. The molecule has 29 heavy (non-hydrogen) atoms. The van der Waals surface area contributed by atoms with E-state index in [1.54, 1.807) is 0 Å². The van der Waals surface area contributed by atoms with Crippen molar-refractivity contribution >= 4 is 16.6 Å². The number of hydrogen-bond acceptors (Lipinski definition) is 5. The molecule has 0 bridgehead atoms. The third-order valence-electron chi connectivity index (χ3n) is 5.90. The molecule has 1 N–H and O–H groups in total. The highest BCUT2D eigenvalue weighted by atomic mass is 16.5. The predicted molar refractivity (Wildman–Crippen MR) is 117 cm³/mol. The first-order chi connectivity index (χ1) is 14.0. The molecule has 3 aromatic rings. The Balaban J connectivity index is 1.60. The molecule has 5 heteroatoms. The maximum absolute atomic E-state index is 5.87. The van der Waals surface area contributed by atoms with Crippen LogP contribution in [0.4, 0.5) is 5.82 Å². The third kappa shape index (κ3) is 4.40. The fourth-order valence-electron chi connectivity index (χ4n) is 4.52. The van der Waals surface area contributed by atoms with Crippen molar-refractivity contribution in [2.24, 2.45) is 5.92 Å². The van der Waals surface area contributed by atoms with Crippen LogP contribution in [-0.4, -0.2) is 33.9 Å². The van der Waals surface area contributed by atoms with E-state index in [0.717, 1.165) is 47.4 Å². The molecule has 0 radical (unpaired) electrons. The molecule has 4 rings (SSSR count). The summed E-state index contributed by atoms with van der Waals surface area (Å²) in [6.07, 6.45) is 4.67. The number of rotatable bonds is 5. The number of nitrogens with one attached hydrogen (secondary N) is 1. The molecule has 3 atom stereocenters. The van der Waals surface area contributed by atoms with Crippen molar-refractivity contribution in [2.45, 2.75) is 58.7 Å². The van der Waals surface area contributed by atoms with Crippen LogP contribution in [0.2, 0.25) is 0 Å². The van der Waals surface area contributed by atoms with E-state index in [0.29, 0.717) is 18.1 Å².